The molecule has 1 aliphatic rings. The van der Waals surface area contributed by atoms with Gasteiger partial charge in [-0.3, -0.25) is 10.1 Å². The maximum absolute atomic E-state index is 10.8. The van der Waals surface area contributed by atoms with Crippen molar-refractivity contribution in [3.8, 4) is 0 Å². The van der Waals surface area contributed by atoms with Gasteiger partial charge >= 0.3 is 0 Å². The minimum Gasteiger partial charge on any atom is -0.302 e. The number of nitro benzene ring substituents is 1. The quantitative estimate of drug-likeness (QED) is 0.520. The van der Waals surface area contributed by atoms with E-state index in [4.69, 9.17) is 0 Å². The van der Waals surface area contributed by atoms with Crippen LogP contribution in [0.5, 0.6) is 0 Å². The van der Waals surface area contributed by atoms with Gasteiger partial charge in [-0.2, -0.15) is 0 Å². The number of hydrogen-bond donors (Lipinski definition) is 0. The van der Waals surface area contributed by atoms with E-state index in [9.17, 15) is 10.1 Å². The van der Waals surface area contributed by atoms with Crippen LogP contribution in [0.4, 0.5) is 5.69 Å². The van der Waals surface area contributed by atoms with Crippen LogP contribution in [0, 0.1) is 17.0 Å². The molecule has 2 rings (SSSR count). The molecule has 4 heteroatoms. The molecule has 1 aromatic carbocycles. The minimum absolute atomic E-state index is 0.240. The Balaban J connectivity index is 2.47. The second-order valence-electron chi connectivity index (χ2n) is 4.15. The van der Waals surface area contributed by atoms with Crippen LogP contribution in [-0.2, 0) is 13.0 Å². The van der Waals surface area contributed by atoms with Crippen molar-refractivity contribution in [3.05, 3.63) is 38.9 Å². The van der Waals surface area contributed by atoms with Crippen molar-refractivity contribution in [1.82, 2.24) is 4.90 Å². The van der Waals surface area contributed by atoms with Crippen LogP contribution in [-0.4, -0.2) is 23.4 Å². The maximum Gasteiger partial charge on any atom is 0.272 e. The van der Waals surface area contributed by atoms with Crippen LogP contribution in [0.1, 0.15) is 16.7 Å². The molecule has 0 radical (unpaired) electrons. The molecule has 0 spiro atoms. The van der Waals surface area contributed by atoms with Crippen molar-refractivity contribution >= 4 is 5.69 Å². The molecule has 15 heavy (non-hydrogen) atoms. The lowest BCUT2D eigenvalue weighted by atomic mass is 9.97. The lowest BCUT2D eigenvalue weighted by Crippen LogP contribution is -2.26. The Morgan fingerprint density at radius 2 is 2.13 bits per heavy atom. The SMILES string of the molecule is Cc1cc2c(cc1[N+](=O)[O-])CN(C)CC2. The lowest BCUT2D eigenvalue weighted by Gasteiger charge is -2.24. The summed E-state index contributed by atoms with van der Waals surface area (Å²) in [7, 11) is 2.04. The van der Waals surface area contributed by atoms with E-state index in [0.717, 1.165) is 30.6 Å². The number of aryl methyl sites for hydroxylation is 1. The molecule has 0 amide bonds. The van der Waals surface area contributed by atoms with Crippen LogP contribution in [0.3, 0.4) is 0 Å². The summed E-state index contributed by atoms with van der Waals surface area (Å²) < 4.78 is 0. The summed E-state index contributed by atoms with van der Waals surface area (Å²) in [5, 5.41) is 10.8. The van der Waals surface area contributed by atoms with Crippen molar-refractivity contribution in [3.63, 3.8) is 0 Å². The highest BCUT2D eigenvalue weighted by Crippen LogP contribution is 2.26. The van der Waals surface area contributed by atoms with Crippen LogP contribution in [0.2, 0.25) is 0 Å². The summed E-state index contributed by atoms with van der Waals surface area (Å²) in [5.41, 5.74) is 3.37. The number of benzene rings is 1. The predicted octanol–water partition coefficient (Wildman–Crippen LogP) is 1.89. The van der Waals surface area contributed by atoms with Crippen molar-refractivity contribution in [2.24, 2.45) is 0 Å². The standard InChI is InChI=1S/C11H14N2O2/c1-8-5-9-3-4-12(2)7-10(9)6-11(8)13(14)15/h5-6H,3-4,7H2,1-2H3. The molecule has 0 bridgehead atoms. The van der Waals surface area contributed by atoms with E-state index in [1.54, 1.807) is 13.0 Å². The molecule has 0 aromatic heterocycles. The molecule has 80 valence electrons. The molecule has 1 heterocycles. The topological polar surface area (TPSA) is 46.4 Å². The zero-order valence-electron chi connectivity index (χ0n) is 8.99. The highest BCUT2D eigenvalue weighted by atomic mass is 16.6. The molecule has 1 aromatic rings. The molecule has 4 nitrogen and oxygen atoms in total. The maximum atomic E-state index is 10.8. The van der Waals surface area contributed by atoms with Gasteiger partial charge in [0.2, 0.25) is 0 Å². The molecular formula is C11H14N2O2. The Morgan fingerprint density at radius 1 is 1.40 bits per heavy atom. The van der Waals surface area contributed by atoms with Crippen molar-refractivity contribution in [2.75, 3.05) is 13.6 Å². The van der Waals surface area contributed by atoms with Gasteiger partial charge in [0.05, 0.1) is 4.92 Å². The van der Waals surface area contributed by atoms with Crippen LogP contribution in [0.15, 0.2) is 12.1 Å². The average molecular weight is 206 g/mol. The van der Waals surface area contributed by atoms with Gasteiger partial charge in [-0.05, 0) is 37.6 Å². The number of fused-ring (bicyclic) bond motifs is 1. The first-order valence-corrected chi connectivity index (χ1v) is 5.03. The Kier molecular flexibility index (Phi) is 2.44. The van der Waals surface area contributed by atoms with E-state index >= 15 is 0 Å². The van der Waals surface area contributed by atoms with Gasteiger partial charge in [0.1, 0.15) is 0 Å². The van der Waals surface area contributed by atoms with E-state index in [2.05, 4.69) is 4.90 Å². The number of rotatable bonds is 1. The monoisotopic (exact) mass is 206 g/mol. The van der Waals surface area contributed by atoms with Crippen molar-refractivity contribution in [1.29, 1.82) is 0 Å². The van der Waals surface area contributed by atoms with Gasteiger partial charge in [-0.25, -0.2) is 0 Å². The average Bonchev–Trinajstić information content (AvgIpc) is 2.17. The van der Waals surface area contributed by atoms with Crippen LogP contribution >= 0.6 is 0 Å². The highest BCUT2D eigenvalue weighted by molar-refractivity contribution is 5.47. The van der Waals surface area contributed by atoms with E-state index in [1.165, 1.54) is 5.56 Å². The summed E-state index contributed by atoms with van der Waals surface area (Å²) in [4.78, 5) is 12.7. The van der Waals surface area contributed by atoms with Gasteiger partial charge in [0.25, 0.3) is 5.69 Å². The first kappa shape index (κ1) is 10.1. The number of nitrogens with zero attached hydrogens (tertiary/aromatic N) is 2. The Morgan fingerprint density at radius 3 is 2.80 bits per heavy atom. The third kappa shape index (κ3) is 1.85. The fraction of sp³-hybridized carbons (Fsp3) is 0.455. The van der Waals surface area contributed by atoms with E-state index in [0.29, 0.717) is 0 Å². The van der Waals surface area contributed by atoms with E-state index < -0.39 is 0 Å². The smallest absolute Gasteiger partial charge is 0.272 e. The predicted molar refractivity (Wildman–Crippen MR) is 57.9 cm³/mol. The summed E-state index contributed by atoms with van der Waals surface area (Å²) in [6, 6.07) is 3.68. The van der Waals surface area contributed by atoms with Gasteiger partial charge in [-0.1, -0.05) is 0 Å². The van der Waals surface area contributed by atoms with Crippen molar-refractivity contribution < 1.29 is 4.92 Å². The number of nitro groups is 1. The molecule has 0 unspecified atom stereocenters. The molecule has 0 atom stereocenters. The van der Waals surface area contributed by atoms with Gasteiger partial charge in [0.15, 0.2) is 0 Å². The number of hydrogen-bond acceptors (Lipinski definition) is 3. The summed E-state index contributed by atoms with van der Waals surface area (Å²) in [6.45, 7) is 3.65. The summed E-state index contributed by atoms with van der Waals surface area (Å²) >= 11 is 0. The molecule has 0 fully saturated rings. The second-order valence-corrected chi connectivity index (χ2v) is 4.15. The zero-order valence-corrected chi connectivity index (χ0v) is 8.99. The Labute approximate surface area is 88.7 Å². The Hall–Kier alpha value is -1.42. The first-order valence-electron chi connectivity index (χ1n) is 5.03. The number of likely N-dealkylation sites (N-methyl/N-ethyl adjacent to an activating group) is 1. The fourth-order valence-electron chi connectivity index (χ4n) is 2.06. The molecular weight excluding hydrogens is 192 g/mol. The summed E-state index contributed by atoms with van der Waals surface area (Å²) in [5.74, 6) is 0. The Bertz CT molecular complexity index is 415. The second kappa shape index (κ2) is 3.62. The molecule has 0 saturated carbocycles. The van der Waals surface area contributed by atoms with Crippen LogP contribution < -0.4 is 0 Å². The summed E-state index contributed by atoms with van der Waals surface area (Å²) in [6.07, 6.45) is 0.991. The molecule has 1 aliphatic heterocycles. The lowest BCUT2D eigenvalue weighted by molar-refractivity contribution is -0.385. The molecule has 0 N–H and O–H groups in total. The highest BCUT2D eigenvalue weighted by Gasteiger charge is 2.19. The zero-order chi connectivity index (χ0) is 11.0. The van der Waals surface area contributed by atoms with E-state index in [1.807, 2.05) is 13.1 Å². The third-order valence-electron chi connectivity index (χ3n) is 2.92. The largest absolute Gasteiger partial charge is 0.302 e. The third-order valence-corrected chi connectivity index (χ3v) is 2.92. The fourth-order valence-corrected chi connectivity index (χ4v) is 2.06. The molecule has 0 saturated heterocycles. The molecule has 0 aliphatic carbocycles. The minimum atomic E-state index is -0.301. The van der Waals surface area contributed by atoms with Gasteiger partial charge in [0, 0.05) is 24.7 Å². The van der Waals surface area contributed by atoms with Gasteiger partial charge in [-0.15, -0.1) is 0 Å². The normalized spacial score (nSPS) is 16.1. The van der Waals surface area contributed by atoms with Crippen LogP contribution in [0.25, 0.3) is 0 Å². The van der Waals surface area contributed by atoms with Crippen molar-refractivity contribution in [2.45, 2.75) is 19.9 Å². The first-order chi connectivity index (χ1) is 7.08. The van der Waals surface area contributed by atoms with E-state index in [-0.39, 0.29) is 10.6 Å². The van der Waals surface area contributed by atoms with Gasteiger partial charge < -0.3 is 4.90 Å².